The highest BCUT2D eigenvalue weighted by Crippen LogP contribution is 2.38. The van der Waals surface area contributed by atoms with Gasteiger partial charge in [-0.2, -0.15) is 0 Å². The molecule has 4 rings (SSSR count). The summed E-state index contributed by atoms with van der Waals surface area (Å²) in [7, 11) is -0.328. The second kappa shape index (κ2) is 7.66. The van der Waals surface area contributed by atoms with Crippen molar-refractivity contribution in [3.63, 3.8) is 0 Å². The van der Waals surface area contributed by atoms with E-state index in [0.29, 0.717) is 0 Å². The van der Waals surface area contributed by atoms with Crippen LogP contribution in [0.4, 0.5) is 4.79 Å². The van der Waals surface area contributed by atoms with Crippen molar-refractivity contribution in [3.8, 4) is 0 Å². The normalized spacial score (nSPS) is 26.7. The van der Waals surface area contributed by atoms with Gasteiger partial charge in [0.25, 0.3) is 0 Å². The summed E-state index contributed by atoms with van der Waals surface area (Å²) in [4.78, 5) is 14.6. The maximum atomic E-state index is 12.6. The molecule has 0 aliphatic carbocycles. The minimum atomic E-state index is -0.459. The number of hydrogen-bond acceptors (Lipinski definition) is 4. The van der Waals surface area contributed by atoms with Gasteiger partial charge in [0, 0.05) is 6.04 Å². The number of fused-ring (bicyclic) bond motifs is 2. The Morgan fingerprint density at radius 3 is 2.26 bits per heavy atom. The lowest BCUT2D eigenvalue weighted by Gasteiger charge is -2.35. The molecule has 5 nitrogen and oxygen atoms in total. The third-order valence-electron chi connectivity index (χ3n) is 7.01. The highest BCUT2D eigenvalue weighted by Gasteiger charge is 2.51. The van der Waals surface area contributed by atoms with E-state index in [1.807, 2.05) is 25.7 Å². The Hall–Kier alpha value is -1.79. The van der Waals surface area contributed by atoms with Crippen LogP contribution in [0.15, 0.2) is 35.9 Å². The molecule has 3 aliphatic rings. The van der Waals surface area contributed by atoms with Gasteiger partial charge in [0.05, 0.1) is 17.2 Å². The average molecular weight is 425 g/mol. The van der Waals surface area contributed by atoms with Crippen LogP contribution in [0.2, 0.25) is 0 Å². The maximum absolute atomic E-state index is 12.6. The minimum absolute atomic E-state index is 0.160. The van der Waals surface area contributed by atoms with E-state index in [0.717, 1.165) is 31.1 Å². The number of amides is 1. The van der Waals surface area contributed by atoms with Crippen molar-refractivity contribution < 1.29 is 18.8 Å². The van der Waals surface area contributed by atoms with Gasteiger partial charge in [-0.3, -0.25) is 4.90 Å². The summed E-state index contributed by atoms with van der Waals surface area (Å²) < 4.78 is 18.0. The van der Waals surface area contributed by atoms with Gasteiger partial charge in [-0.1, -0.05) is 35.9 Å². The van der Waals surface area contributed by atoms with Crippen molar-refractivity contribution in [2.45, 2.75) is 103 Å². The summed E-state index contributed by atoms with van der Waals surface area (Å²) >= 11 is 0. The Bertz CT molecular complexity index is 853. The van der Waals surface area contributed by atoms with Crippen molar-refractivity contribution in [3.05, 3.63) is 41.5 Å². The van der Waals surface area contributed by atoms with E-state index in [1.54, 1.807) is 0 Å². The first-order valence-corrected chi connectivity index (χ1v) is 11.5. The lowest BCUT2D eigenvalue weighted by atomic mass is 9.78. The van der Waals surface area contributed by atoms with Crippen LogP contribution in [0, 0.1) is 0 Å². The van der Waals surface area contributed by atoms with E-state index in [1.165, 1.54) is 11.1 Å². The summed E-state index contributed by atoms with van der Waals surface area (Å²) in [5.41, 5.74) is 2.62. The summed E-state index contributed by atoms with van der Waals surface area (Å²) in [5, 5.41) is 0. The number of rotatable bonds is 3. The monoisotopic (exact) mass is 425 g/mol. The van der Waals surface area contributed by atoms with E-state index >= 15 is 0 Å². The fourth-order valence-corrected chi connectivity index (χ4v) is 4.68. The molecular weight excluding hydrogens is 389 g/mol. The second-order valence-corrected chi connectivity index (χ2v) is 11.2. The zero-order chi connectivity index (χ0) is 22.6. The third-order valence-corrected chi connectivity index (χ3v) is 7.01. The lowest BCUT2D eigenvalue weighted by molar-refractivity contribution is 0.00578. The van der Waals surface area contributed by atoms with Crippen LogP contribution in [0.3, 0.4) is 0 Å². The quantitative estimate of drug-likeness (QED) is 0.524. The Labute approximate surface area is 187 Å². The summed E-state index contributed by atoms with van der Waals surface area (Å²) in [6, 6.07) is 8.98. The van der Waals surface area contributed by atoms with E-state index in [9.17, 15) is 4.79 Å². The van der Waals surface area contributed by atoms with Crippen molar-refractivity contribution in [2.75, 3.05) is 0 Å². The molecule has 0 saturated carbocycles. The van der Waals surface area contributed by atoms with Crippen LogP contribution < -0.4 is 5.46 Å². The first kappa shape index (κ1) is 22.4. The molecule has 168 valence electrons. The number of carbonyl (C=O) groups excluding carboxylic acids is 1. The van der Waals surface area contributed by atoms with Crippen LogP contribution in [0.1, 0.15) is 73.3 Å². The third kappa shape index (κ3) is 4.56. The maximum Gasteiger partial charge on any atom is 0.494 e. The van der Waals surface area contributed by atoms with Crippen LogP contribution in [0.25, 0.3) is 0 Å². The lowest BCUT2D eigenvalue weighted by Crippen LogP contribution is -2.45. The van der Waals surface area contributed by atoms with E-state index in [4.69, 9.17) is 14.0 Å². The van der Waals surface area contributed by atoms with Gasteiger partial charge < -0.3 is 14.0 Å². The number of carbonyl (C=O) groups is 1. The Morgan fingerprint density at radius 1 is 1.10 bits per heavy atom. The van der Waals surface area contributed by atoms with Gasteiger partial charge in [0.2, 0.25) is 0 Å². The molecule has 2 unspecified atom stereocenters. The molecule has 2 saturated heterocycles. The predicted molar refractivity (Wildman–Crippen MR) is 123 cm³/mol. The molecule has 3 heterocycles. The molecule has 0 N–H and O–H groups in total. The molecule has 1 aromatic carbocycles. The minimum Gasteiger partial charge on any atom is -0.444 e. The Morgan fingerprint density at radius 2 is 1.71 bits per heavy atom. The molecule has 3 aliphatic heterocycles. The molecule has 31 heavy (non-hydrogen) atoms. The molecular formula is C25H36BNO4. The van der Waals surface area contributed by atoms with Gasteiger partial charge in [0.15, 0.2) is 0 Å². The van der Waals surface area contributed by atoms with Crippen LogP contribution in [0.5, 0.6) is 0 Å². The van der Waals surface area contributed by atoms with E-state index in [2.05, 4.69) is 58.0 Å². The first-order valence-electron chi connectivity index (χ1n) is 11.5. The van der Waals surface area contributed by atoms with Gasteiger partial charge in [0.1, 0.15) is 5.60 Å². The molecule has 6 heteroatoms. The molecule has 0 aromatic heterocycles. The highest BCUT2D eigenvalue weighted by molar-refractivity contribution is 6.62. The van der Waals surface area contributed by atoms with Crippen molar-refractivity contribution >= 4 is 18.7 Å². The molecule has 0 radical (unpaired) electrons. The Balaban J connectivity index is 1.41. The molecule has 0 spiro atoms. The zero-order valence-electron chi connectivity index (χ0n) is 20.0. The second-order valence-electron chi connectivity index (χ2n) is 11.2. The topological polar surface area (TPSA) is 48.0 Å². The van der Waals surface area contributed by atoms with Crippen molar-refractivity contribution in [1.82, 2.24) is 4.90 Å². The van der Waals surface area contributed by atoms with Crippen LogP contribution >= 0.6 is 0 Å². The molecule has 2 bridgehead atoms. The van der Waals surface area contributed by atoms with Crippen molar-refractivity contribution in [2.24, 2.45) is 0 Å². The van der Waals surface area contributed by atoms with Crippen LogP contribution in [-0.2, 0) is 20.5 Å². The van der Waals surface area contributed by atoms with Gasteiger partial charge in [-0.25, -0.2) is 4.79 Å². The molecule has 2 atom stereocenters. The zero-order valence-corrected chi connectivity index (χ0v) is 20.0. The van der Waals surface area contributed by atoms with E-state index in [-0.39, 0.29) is 36.5 Å². The highest BCUT2D eigenvalue weighted by atomic mass is 16.7. The molecule has 1 aromatic rings. The Kier molecular flexibility index (Phi) is 5.54. The molecule has 2 fully saturated rings. The predicted octanol–water partition coefficient (Wildman–Crippen LogP) is 4.63. The number of nitrogens with zero attached hydrogens (tertiary/aromatic N) is 1. The van der Waals surface area contributed by atoms with Gasteiger partial charge >= 0.3 is 13.2 Å². The summed E-state index contributed by atoms with van der Waals surface area (Å²) in [5.74, 6) is 0. The molecule has 1 amide bonds. The van der Waals surface area contributed by atoms with Gasteiger partial charge in [-0.15, -0.1) is 0 Å². The largest absolute Gasteiger partial charge is 0.494 e. The number of ether oxygens (including phenoxy) is 1. The van der Waals surface area contributed by atoms with Crippen molar-refractivity contribution in [1.29, 1.82) is 0 Å². The fourth-order valence-electron chi connectivity index (χ4n) is 4.68. The van der Waals surface area contributed by atoms with Gasteiger partial charge in [-0.05, 0) is 85.2 Å². The summed E-state index contributed by atoms with van der Waals surface area (Å²) in [6.07, 6.45) is 6.02. The SMILES string of the molecule is CC(C)(C)OC(=O)N1C2C=C(Cc3ccc(B4OC(C)(C)C(C)(C)O4)cc3)CC1CC2. The number of benzene rings is 1. The first-order chi connectivity index (χ1) is 14.3. The summed E-state index contributed by atoms with van der Waals surface area (Å²) in [6.45, 7) is 14.1. The number of hydrogen-bond donors (Lipinski definition) is 0. The average Bonchev–Trinajstić information content (AvgIpc) is 3.03. The van der Waals surface area contributed by atoms with E-state index < -0.39 is 5.60 Å². The standard InChI is InChI=1S/C25H36BNO4/c1-23(2,3)29-22(28)27-20-12-13-21(27)16-18(15-20)14-17-8-10-19(11-9-17)26-30-24(4,5)25(6,7)31-26/h8-11,15,20-21H,12-14,16H2,1-7H3. The van der Waals surface area contributed by atoms with Crippen LogP contribution in [-0.4, -0.2) is 47.0 Å². The fraction of sp³-hybridized carbons (Fsp3) is 0.640. The smallest absolute Gasteiger partial charge is 0.444 e.